The molecule has 138 valence electrons. The van der Waals surface area contributed by atoms with E-state index in [1.165, 1.54) is 40.9 Å². The van der Waals surface area contributed by atoms with Crippen molar-refractivity contribution >= 4 is 35.0 Å². The van der Waals surface area contributed by atoms with Crippen molar-refractivity contribution in [2.24, 2.45) is 4.99 Å². The normalized spacial score (nSPS) is 18.9. The number of ether oxygens (including phenoxy) is 1. The zero-order valence-electron chi connectivity index (χ0n) is 14.5. The van der Waals surface area contributed by atoms with Gasteiger partial charge in [-0.25, -0.2) is 14.6 Å². The molecular weight excluding hydrogens is 359 g/mol. The number of amidine groups is 1. The molecule has 1 N–H and O–H groups in total. The van der Waals surface area contributed by atoms with Crippen molar-refractivity contribution in [3.8, 4) is 5.75 Å². The second kappa shape index (κ2) is 7.88. The Hall–Kier alpha value is -2.39. The number of rotatable bonds is 2. The van der Waals surface area contributed by atoms with Gasteiger partial charge in [-0.3, -0.25) is 9.80 Å². The van der Waals surface area contributed by atoms with Gasteiger partial charge in [0.2, 0.25) is 0 Å². The highest BCUT2D eigenvalue weighted by Crippen LogP contribution is 2.32. The number of carbonyl (C=O) groups excluding carboxylic acids is 2. The summed E-state index contributed by atoms with van der Waals surface area (Å²) in [7, 11) is 3.10. The fourth-order valence-electron chi connectivity index (χ4n) is 2.42. The molecule has 9 heteroatoms. The predicted octanol–water partition coefficient (Wildman–Crippen LogP) is 2.46. The van der Waals surface area contributed by atoms with Crippen LogP contribution in [0.3, 0.4) is 0 Å². The number of hydrazine groups is 1. The van der Waals surface area contributed by atoms with E-state index in [1.807, 2.05) is 5.01 Å². The third-order valence-electron chi connectivity index (χ3n) is 3.77. The first-order valence-electron chi connectivity index (χ1n) is 8.16. The molecule has 3 rings (SSSR count). The van der Waals surface area contributed by atoms with E-state index in [0.29, 0.717) is 15.6 Å². The molecule has 0 unspecified atom stereocenters. The number of hydrogen-bond acceptors (Lipinski definition) is 6. The first-order chi connectivity index (χ1) is 12.4. The largest absolute Gasteiger partial charge is 0.414 e. The van der Waals surface area contributed by atoms with Gasteiger partial charge in [-0.15, -0.1) is 0 Å². The fourth-order valence-corrected chi connectivity index (χ4v) is 3.33. The summed E-state index contributed by atoms with van der Waals surface area (Å²) in [4.78, 5) is 29.7. The molecule has 1 aromatic rings. The lowest BCUT2D eigenvalue weighted by Gasteiger charge is -2.28. The quantitative estimate of drug-likeness (QED) is 0.797. The molecule has 0 radical (unpaired) electrons. The zero-order chi connectivity index (χ0) is 18.7. The number of benzene rings is 1. The first kappa shape index (κ1) is 18.4. The molecule has 1 saturated heterocycles. The van der Waals surface area contributed by atoms with Gasteiger partial charge in [-0.05, 0) is 48.9 Å². The molecule has 0 aromatic heterocycles. The molecule has 0 aliphatic carbocycles. The lowest BCUT2D eigenvalue weighted by molar-refractivity contribution is -0.113. The van der Waals surface area contributed by atoms with Gasteiger partial charge in [0.25, 0.3) is 5.91 Å². The highest BCUT2D eigenvalue weighted by atomic mass is 32.2. The van der Waals surface area contributed by atoms with Gasteiger partial charge >= 0.3 is 6.09 Å². The molecule has 0 atom stereocenters. The molecule has 26 heavy (non-hydrogen) atoms. The number of aliphatic imine (C=N–C) groups is 1. The summed E-state index contributed by atoms with van der Waals surface area (Å²) in [5.41, 5.74) is 3.50. The minimum atomic E-state index is -0.587. The fraction of sp³-hybridized carbons (Fsp3) is 0.353. The maximum Gasteiger partial charge on any atom is 0.414 e. The van der Waals surface area contributed by atoms with Crippen molar-refractivity contribution in [1.29, 1.82) is 0 Å². The molecule has 0 spiro atoms. The minimum absolute atomic E-state index is 0.176. The van der Waals surface area contributed by atoms with Crippen molar-refractivity contribution in [3.63, 3.8) is 0 Å². The second-order valence-electron chi connectivity index (χ2n) is 6.02. The smallest absolute Gasteiger partial charge is 0.410 e. The molecule has 1 fully saturated rings. The predicted molar refractivity (Wildman–Crippen MR) is 98.1 cm³/mol. The third-order valence-corrected chi connectivity index (χ3v) is 4.78. The van der Waals surface area contributed by atoms with E-state index in [1.54, 1.807) is 14.1 Å². The molecule has 2 aliphatic rings. The summed E-state index contributed by atoms with van der Waals surface area (Å²) < 4.78 is 18.9. The second-order valence-corrected chi connectivity index (χ2v) is 7.03. The van der Waals surface area contributed by atoms with Crippen LogP contribution in [0.5, 0.6) is 5.75 Å². The van der Waals surface area contributed by atoms with Gasteiger partial charge < -0.3 is 9.64 Å². The Morgan fingerprint density at radius 1 is 1.42 bits per heavy atom. The van der Waals surface area contributed by atoms with E-state index in [-0.39, 0.29) is 5.75 Å². The van der Waals surface area contributed by atoms with Crippen LogP contribution in [0.15, 0.2) is 28.1 Å². The van der Waals surface area contributed by atoms with Crippen LogP contribution >= 0.6 is 11.8 Å². The van der Waals surface area contributed by atoms with Crippen molar-refractivity contribution < 1.29 is 18.7 Å². The summed E-state index contributed by atoms with van der Waals surface area (Å²) in [6.07, 6.45) is 3.01. The van der Waals surface area contributed by atoms with E-state index >= 15 is 0 Å². The summed E-state index contributed by atoms with van der Waals surface area (Å²) in [5, 5.41) is 2.43. The molecule has 7 nitrogen and oxygen atoms in total. The maximum atomic E-state index is 13.7. The Morgan fingerprint density at radius 3 is 2.92 bits per heavy atom. The van der Waals surface area contributed by atoms with E-state index in [9.17, 15) is 14.0 Å². The molecule has 1 aromatic carbocycles. The van der Waals surface area contributed by atoms with Crippen molar-refractivity contribution in [3.05, 3.63) is 34.5 Å². The average Bonchev–Trinajstić information content (AvgIpc) is 2.98. The number of hydrogen-bond donors (Lipinski definition) is 1. The standard InChI is InChI=1S/C17H19FN4O3S/c1-21(2)17(24)25-13-6-5-12(18)9-11(13)10-14-15(23)20-16(26-14)22-8-4-3-7-19-22/h5-6,9-10,19H,3-4,7-8H2,1-2H3/b14-10-. The average molecular weight is 378 g/mol. The Morgan fingerprint density at radius 2 is 2.23 bits per heavy atom. The van der Waals surface area contributed by atoms with Gasteiger partial charge in [-0.1, -0.05) is 0 Å². The first-order valence-corrected chi connectivity index (χ1v) is 8.98. The molecule has 0 saturated carbocycles. The van der Waals surface area contributed by atoms with Gasteiger partial charge in [0, 0.05) is 32.7 Å². The number of thioether (sulfide) groups is 1. The molecular formula is C17H19FN4O3S. The number of nitrogens with zero attached hydrogens (tertiary/aromatic N) is 3. The Labute approximate surface area is 154 Å². The molecule has 2 heterocycles. The van der Waals surface area contributed by atoms with Gasteiger partial charge in [0.05, 0.1) is 4.91 Å². The summed E-state index contributed by atoms with van der Waals surface area (Å²) in [6, 6.07) is 3.78. The minimum Gasteiger partial charge on any atom is -0.410 e. The van der Waals surface area contributed by atoms with Crippen LogP contribution in [0.4, 0.5) is 9.18 Å². The van der Waals surface area contributed by atoms with Crippen LogP contribution in [0.2, 0.25) is 0 Å². The SMILES string of the molecule is CN(C)C(=O)Oc1ccc(F)cc1/C=C1\SC(N2CCCCN2)=NC1=O. The number of amides is 2. The van der Waals surface area contributed by atoms with Crippen molar-refractivity contribution in [2.75, 3.05) is 27.2 Å². The summed E-state index contributed by atoms with van der Waals surface area (Å²) in [5.74, 6) is -0.710. The Bertz CT molecular complexity index is 788. The Kier molecular flexibility index (Phi) is 5.58. The van der Waals surface area contributed by atoms with Gasteiger partial charge in [-0.2, -0.15) is 4.99 Å². The van der Waals surface area contributed by atoms with E-state index in [2.05, 4.69) is 10.4 Å². The van der Waals surface area contributed by atoms with E-state index in [4.69, 9.17) is 4.74 Å². The number of nitrogens with one attached hydrogen (secondary N) is 1. The van der Waals surface area contributed by atoms with Gasteiger partial charge in [0.1, 0.15) is 11.6 Å². The highest BCUT2D eigenvalue weighted by molar-refractivity contribution is 8.18. The molecule has 0 bridgehead atoms. The summed E-state index contributed by atoms with van der Waals surface area (Å²) in [6.45, 7) is 1.61. The summed E-state index contributed by atoms with van der Waals surface area (Å²) >= 11 is 1.21. The van der Waals surface area contributed by atoms with Crippen LogP contribution in [-0.4, -0.2) is 54.3 Å². The van der Waals surface area contributed by atoms with Crippen LogP contribution in [0, 0.1) is 5.82 Å². The number of halogens is 1. The maximum absolute atomic E-state index is 13.7. The lowest BCUT2D eigenvalue weighted by Crippen LogP contribution is -2.45. The van der Waals surface area contributed by atoms with Crippen molar-refractivity contribution in [2.45, 2.75) is 12.8 Å². The lowest BCUT2D eigenvalue weighted by atomic mass is 10.2. The van der Waals surface area contributed by atoms with Crippen LogP contribution < -0.4 is 10.2 Å². The van der Waals surface area contributed by atoms with Crippen LogP contribution in [0.1, 0.15) is 18.4 Å². The zero-order valence-corrected chi connectivity index (χ0v) is 15.3. The molecule has 2 amide bonds. The van der Waals surface area contributed by atoms with Crippen LogP contribution in [0.25, 0.3) is 6.08 Å². The monoisotopic (exact) mass is 378 g/mol. The van der Waals surface area contributed by atoms with Crippen molar-refractivity contribution in [1.82, 2.24) is 15.3 Å². The van der Waals surface area contributed by atoms with E-state index < -0.39 is 17.8 Å². The topological polar surface area (TPSA) is 74.2 Å². The van der Waals surface area contributed by atoms with Gasteiger partial charge in [0.15, 0.2) is 5.17 Å². The molecule has 2 aliphatic heterocycles. The Balaban J connectivity index is 1.82. The van der Waals surface area contributed by atoms with Crippen LogP contribution in [-0.2, 0) is 4.79 Å². The highest BCUT2D eigenvalue weighted by Gasteiger charge is 2.27. The number of carbonyl (C=O) groups is 2. The van der Waals surface area contributed by atoms with E-state index in [0.717, 1.165) is 25.9 Å². The third kappa shape index (κ3) is 4.23.